The minimum Gasteiger partial charge on any atom is -0.370 e. The molecule has 19 heavy (non-hydrogen) atoms. The summed E-state index contributed by atoms with van der Waals surface area (Å²) in [5, 5.41) is 0. The van der Waals surface area contributed by atoms with Crippen LogP contribution in [0.3, 0.4) is 0 Å². The summed E-state index contributed by atoms with van der Waals surface area (Å²) in [6.07, 6.45) is 3.81. The summed E-state index contributed by atoms with van der Waals surface area (Å²) in [6.45, 7) is 4.11. The van der Waals surface area contributed by atoms with Gasteiger partial charge < -0.3 is 11.5 Å². The van der Waals surface area contributed by atoms with Crippen molar-refractivity contribution in [2.24, 2.45) is 22.4 Å². The average Bonchev–Trinajstić information content (AvgIpc) is 2.48. The number of guanidine groups is 1. The Bertz CT molecular complexity index is 569. The third-order valence-corrected chi connectivity index (χ3v) is 3.46. The fourth-order valence-electron chi connectivity index (χ4n) is 2.38. The molecule has 1 aliphatic carbocycles. The van der Waals surface area contributed by atoms with E-state index in [1.165, 1.54) is 11.1 Å². The van der Waals surface area contributed by atoms with Gasteiger partial charge in [-0.05, 0) is 42.9 Å². The SMILES string of the molecule is Cc1ccc2c(c1)CCC(C)C(C(=O)N=C(N)N)=C2. The third kappa shape index (κ3) is 3.02. The maximum atomic E-state index is 12.0. The topological polar surface area (TPSA) is 81.5 Å². The molecule has 4 nitrogen and oxygen atoms in total. The van der Waals surface area contributed by atoms with Crippen molar-refractivity contribution >= 4 is 17.9 Å². The zero-order valence-electron chi connectivity index (χ0n) is 11.3. The van der Waals surface area contributed by atoms with E-state index in [0.29, 0.717) is 5.57 Å². The standard InChI is InChI=1S/C15H19N3O/c1-9-3-5-12-8-13(14(19)18-15(16)17)10(2)4-6-11(12)7-9/h3,5,7-8,10H,4,6H2,1-2H3,(H4,16,17,18,19). The number of amides is 1. The van der Waals surface area contributed by atoms with E-state index in [1.807, 2.05) is 25.1 Å². The van der Waals surface area contributed by atoms with Crippen molar-refractivity contribution in [2.75, 3.05) is 0 Å². The molecular weight excluding hydrogens is 238 g/mol. The van der Waals surface area contributed by atoms with Crippen molar-refractivity contribution in [2.45, 2.75) is 26.7 Å². The minimum absolute atomic E-state index is 0.156. The monoisotopic (exact) mass is 257 g/mol. The molecule has 0 aliphatic heterocycles. The van der Waals surface area contributed by atoms with Crippen LogP contribution >= 0.6 is 0 Å². The van der Waals surface area contributed by atoms with Gasteiger partial charge in [0.2, 0.25) is 0 Å². The Balaban J connectivity index is 2.44. The molecule has 0 saturated heterocycles. The summed E-state index contributed by atoms with van der Waals surface area (Å²) < 4.78 is 0. The fraction of sp³-hybridized carbons (Fsp3) is 0.333. The van der Waals surface area contributed by atoms with E-state index < -0.39 is 0 Å². The third-order valence-electron chi connectivity index (χ3n) is 3.46. The highest BCUT2D eigenvalue weighted by Gasteiger charge is 2.20. The number of aliphatic imine (C=N–C) groups is 1. The van der Waals surface area contributed by atoms with E-state index >= 15 is 0 Å². The van der Waals surface area contributed by atoms with Gasteiger partial charge in [0.15, 0.2) is 5.96 Å². The summed E-state index contributed by atoms with van der Waals surface area (Å²) in [7, 11) is 0. The second kappa shape index (κ2) is 5.26. The molecule has 0 radical (unpaired) electrons. The van der Waals surface area contributed by atoms with Crippen LogP contribution in [0.5, 0.6) is 0 Å². The van der Waals surface area contributed by atoms with Crippen LogP contribution in [-0.4, -0.2) is 11.9 Å². The van der Waals surface area contributed by atoms with Crippen LogP contribution in [0.25, 0.3) is 6.08 Å². The van der Waals surface area contributed by atoms with Crippen LogP contribution in [0.15, 0.2) is 28.8 Å². The highest BCUT2D eigenvalue weighted by atomic mass is 16.1. The molecule has 1 amide bonds. The number of hydrogen-bond acceptors (Lipinski definition) is 1. The van der Waals surface area contributed by atoms with Crippen LogP contribution in [0.1, 0.15) is 30.0 Å². The number of carbonyl (C=O) groups is 1. The van der Waals surface area contributed by atoms with Gasteiger partial charge in [0.1, 0.15) is 0 Å². The summed E-state index contributed by atoms with van der Waals surface area (Å²) in [4.78, 5) is 15.7. The number of nitrogens with two attached hydrogens (primary N) is 2. The minimum atomic E-state index is -0.332. The van der Waals surface area contributed by atoms with Gasteiger partial charge in [0, 0.05) is 5.57 Å². The molecule has 4 heteroatoms. The second-order valence-corrected chi connectivity index (χ2v) is 5.08. The summed E-state index contributed by atoms with van der Waals surface area (Å²) in [5.41, 5.74) is 14.8. The van der Waals surface area contributed by atoms with Crippen LogP contribution in [-0.2, 0) is 11.2 Å². The highest BCUT2D eigenvalue weighted by Crippen LogP contribution is 2.28. The molecule has 1 aromatic carbocycles. The van der Waals surface area contributed by atoms with Crippen molar-refractivity contribution in [1.29, 1.82) is 0 Å². The molecule has 0 spiro atoms. The first kappa shape index (κ1) is 13.3. The van der Waals surface area contributed by atoms with Crippen molar-refractivity contribution in [3.8, 4) is 0 Å². The van der Waals surface area contributed by atoms with Crippen molar-refractivity contribution < 1.29 is 4.79 Å². The molecule has 1 atom stereocenters. The summed E-state index contributed by atoms with van der Waals surface area (Å²) in [6, 6.07) is 6.27. The van der Waals surface area contributed by atoms with Gasteiger partial charge in [0.25, 0.3) is 5.91 Å². The van der Waals surface area contributed by atoms with Crippen molar-refractivity contribution in [3.05, 3.63) is 40.5 Å². The average molecular weight is 257 g/mol. The largest absolute Gasteiger partial charge is 0.370 e. The van der Waals surface area contributed by atoms with E-state index in [9.17, 15) is 4.79 Å². The number of rotatable bonds is 1. The van der Waals surface area contributed by atoms with Gasteiger partial charge in [0.05, 0.1) is 0 Å². The van der Waals surface area contributed by atoms with Crippen LogP contribution in [0, 0.1) is 12.8 Å². The molecule has 0 aromatic heterocycles. The Morgan fingerprint density at radius 2 is 2.11 bits per heavy atom. The first-order valence-corrected chi connectivity index (χ1v) is 6.42. The molecule has 1 aromatic rings. The van der Waals surface area contributed by atoms with Gasteiger partial charge in [-0.3, -0.25) is 4.79 Å². The van der Waals surface area contributed by atoms with E-state index in [-0.39, 0.29) is 17.8 Å². The Morgan fingerprint density at radius 3 is 2.79 bits per heavy atom. The quantitative estimate of drug-likeness (QED) is 0.594. The highest BCUT2D eigenvalue weighted by molar-refractivity contribution is 6.04. The predicted octanol–water partition coefficient (Wildman–Crippen LogP) is 1.76. The van der Waals surface area contributed by atoms with Gasteiger partial charge >= 0.3 is 0 Å². The summed E-state index contributed by atoms with van der Waals surface area (Å²) in [5.74, 6) is -0.365. The zero-order valence-corrected chi connectivity index (χ0v) is 11.3. The summed E-state index contributed by atoms with van der Waals surface area (Å²) >= 11 is 0. The molecule has 4 N–H and O–H groups in total. The fourth-order valence-corrected chi connectivity index (χ4v) is 2.38. The predicted molar refractivity (Wildman–Crippen MR) is 77.5 cm³/mol. The molecule has 0 heterocycles. The van der Waals surface area contributed by atoms with Crippen LogP contribution in [0.4, 0.5) is 0 Å². The molecule has 1 unspecified atom stereocenters. The lowest BCUT2D eigenvalue weighted by Crippen LogP contribution is -2.25. The molecule has 0 bridgehead atoms. The normalized spacial score (nSPS) is 18.0. The lowest BCUT2D eigenvalue weighted by Gasteiger charge is -2.09. The Labute approximate surface area is 113 Å². The van der Waals surface area contributed by atoms with Gasteiger partial charge in [-0.2, -0.15) is 4.99 Å². The molecule has 1 aliphatic rings. The second-order valence-electron chi connectivity index (χ2n) is 5.08. The number of fused-ring (bicyclic) bond motifs is 1. The number of aryl methyl sites for hydroxylation is 2. The van der Waals surface area contributed by atoms with E-state index in [4.69, 9.17) is 11.5 Å². The smallest absolute Gasteiger partial charge is 0.276 e. The Hall–Kier alpha value is -2.10. The van der Waals surface area contributed by atoms with Crippen molar-refractivity contribution in [1.82, 2.24) is 0 Å². The first-order valence-electron chi connectivity index (χ1n) is 6.42. The van der Waals surface area contributed by atoms with E-state index in [0.717, 1.165) is 18.4 Å². The molecule has 0 fully saturated rings. The number of carbonyl (C=O) groups excluding carboxylic acids is 1. The maximum Gasteiger partial charge on any atom is 0.276 e. The zero-order chi connectivity index (χ0) is 14.0. The Morgan fingerprint density at radius 1 is 1.37 bits per heavy atom. The van der Waals surface area contributed by atoms with Crippen LogP contribution < -0.4 is 11.5 Å². The molecule has 0 saturated carbocycles. The maximum absolute atomic E-state index is 12.0. The van der Waals surface area contributed by atoms with Gasteiger partial charge in [-0.1, -0.05) is 30.7 Å². The number of hydrogen-bond donors (Lipinski definition) is 2. The van der Waals surface area contributed by atoms with E-state index in [1.54, 1.807) is 0 Å². The van der Waals surface area contributed by atoms with Crippen molar-refractivity contribution in [3.63, 3.8) is 0 Å². The molecule has 100 valence electrons. The van der Waals surface area contributed by atoms with E-state index in [2.05, 4.69) is 18.0 Å². The van der Waals surface area contributed by atoms with Crippen LogP contribution in [0.2, 0.25) is 0 Å². The number of nitrogens with zero attached hydrogens (tertiary/aromatic N) is 1. The lowest BCUT2D eigenvalue weighted by molar-refractivity contribution is -0.114. The molecule has 2 rings (SSSR count). The number of benzene rings is 1. The molecular formula is C15H19N3O. The van der Waals surface area contributed by atoms with Gasteiger partial charge in [-0.15, -0.1) is 0 Å². The lowest BCUT2D eigenvalue weighted by atomic mass is 9.96. The Kier molecular flexibility index (Phi) is 3.69. The first-order chi connectivity index (χ1) is 8.97. The van der Waals surface area contributed by atoms with Gasteiger partial charge in [-0.25, -0.2) is 0 Å².